The predicted molar refractivity (Wildman–Crippen MR) is 221 cm³/mol. The predicted octanol–water partition coefficient (Wildman–Crippen LogP) is 1.69. The third-order valence-corrected chi connectivity index (χ3v) is 10.6. The first kappa shape index (κ1) is 45.6. The zero-order valence-electron chi connectivity index (χ0n) is 34.7. The van der Waals surface area contributed by atoms with Crippen molar-refractivity contribution in [1.82, 2.24) is 46.8 Å². The Kier molecular flexibility index (Phi) is 17.2. The standard InChI is InChI=1S/C43H59N9O7/c1-7-27(4)38(42(58)45-23-33(30-15-10-8-11-16-30)31-17-12-9-13-18-31)51-41(57)35-19-14-20-52(35)36(54)24-46-39(55)28(5)48-40(56)34(21-32-22-44-25-47-32)50-43(59)37(26(2)3)49-29(6)53/h8-13,15-18,22,25-28,33-35,37-38H,7,14,19-21,23-24H2,1-6H3,(H,44,47)(H,45,58)(H,46,55)(H,48,56)(H,49,53)(H,50,59)(H,51,57)/t27-,28-,34-,35-,37-,38-/m0/s1. The Balaban J connectivity index is 1.34. The number of carbonyl (C=O) groups is 7. The average Bonchev–Trinajstić information content (AvgIpc) is 3.94. The molecule has 16 nitrogen and oxygen atoms in total. The van der Waals surface area contributed by atoms with Crippen LogP contribution in [0.5, 0.6) is 0 Å². The topological polar surface area (TPSA) is 224 Å². The molecule has 1 saturated heterocycles. The fraction of sp³-hybridized carbons (Fsp3) is 0.488. The zero-order valence-corrected chi connectivity index (χ0v) is 34.7. The van der Waals surface area contributed by atoms with E-state index in [1.165, 1.54) is 31.3 Å². The van der Waals surface area contributed by atoms with Crippen LogP contribution in [0.25, 0.3) is 0 Å². The van der Waals surface area contributed by atoms with Gasteiger partial charge in [0.05, 0.1) is 12.9 Å². The van der Waals surface area contributed by atoms with Crippen LogP contribution in [0.4, 0.5) is 0 Å². The second-order valence-corrected chi connectivity index (χ2v) is 15.4. The van der Waals surface area contributed by atoms with Crippen LogP contribution >= 0.6 is 0 Å². The highest BCUT2D eigenvalue weighted by Crippen LogP contribution is 2.24. The van der Waals surface area contributed by atoms with Crippen molar-refractivity contribution in [2.45, 2.75) is 103 Å². The van der Waals surface area contributed by atoms with Crippen molar-refractivity contribution in [1.29, 1.82) is 0 Å². The van der Waals surface area contributed by atoms with Crippen LogP contribution in [0.15, 0.2) is 73.2 Å². The van der Waals surface area contributed by atoms with Crippen LogP contribution in [0.3, 0.4) is 0 Å². The minimum absolute atomic E-state index is 0.0230. The molecule has 4 rings (SSSR count). The summed E-state index contributed by atoms with van der Waals surface area (Å²) in [5.74, 6) is -4.14. The fourth-order valence-electron chi connectivity index (χ4n) is 7.04. The summed E-state index contributed by atoms with van der Waals surface area (Å²) in [5, 5.41) is 16.4. The molecular weight excluding hydrogens is 755 g/mol. The molecule has 7 N–H and O–H groups in total. The van der Waals surface area contributed by atoms with Gasteiger partial charge in [0.15, 0.2) is 0 Å². The number of nitrogens with zero attached hydrogens (tertiary/aromatic N) is 2. The van der Waals surface area contributed by atoms with E-state index in [2.05, 4.69) is 41.9 Å². The number of nitrogens with one attached hydrogen (secondary N) is 7. The molecule has 2 aromatic carbocycles. The normalized spacial score (nSPS) is 16.3. The lowest BCUT2D eigenvalue weighted by Crippen LogP contribution is -2.58. The van der Waals surface area contributed by atoms with Gasteiger partial charge < -0.3 is 41.8 Å². The number of aromatic nitrogens is 2. The second-order valence-electron chi connectivity index (χ2n) is 15.4. The lowest BCUT2D eigenvalue weighted by Gasteiger charge is -2.29. The van der Waals surface area contributed by atoms with Crippen molar-refractivity contribution in [3.05, 3.63) is 90.0 Å². The molecule has 0 radical (unpaired) electrons. The maximum atomic E-state index is 13.8. The molecule has 59 heavy (non-hydrogen) atoms. The highest BCUT2D eigenvalue weighted by molar-refractivity contribution is 5.96. The Morgan fingerprint density at radius 2 is 1.42 bits per heavy atom. The number of aromatic amines is 1. The Labute approximate surface area is 345 Å². The first-order chi connectivity index (χ1) is 28.2. The van der Waals surface area contributed by atoms with Gasteiger partial charge in [0.25, 0.3) is 0 Å². The maximum Gasteiger partial charge on any atom is 0.243 e. The number of amides is 7. The Bertz CT molecular complexity index is 1830. The lowest BCUT2D eigenvalue weighted by atomic mass is 9.91. The first-order valence-electron chi connectivity index (χ1n) is 20.3. The van der Waals surface area contributed by atoms with E-state index >= 15 is 0 Å². The van der Waals surface area contributed by atoms with Gasteiger partial charge >= 0.3 is 0 Å². The van der Waals surface area contributed by atoms with Gasteiger partial charge in [-0.15, -0.1) is 0 Å². The Hall–Kier alpha value is -6.06. The van der Waals surface area contributed by atoms with E-state index in [1.807, 2.05) is 74.5 Å². The molecule has 0 bridgehead atoms. The number of benzene rings is 2. The average molecular weight is 814 g/mol. The molecule has 2 heterocycles. The van der Waals surface area contributed by atoms with E-state index in [-0.39, 0.29) is 30.1 Å². The van der Waals surface area contributed by atoms with Gasteiger partial charge in [-0.05, 0) is 42.7 Å². The van der Waals surface area contributed by atoms with Crippen LogP contribution in [0.2, 0.25) is 0 Å². The summed E-state index contributed by atoms with van der Waals surface area (Å²) in [5.41, 5.74) is 2.64. The summed E-state index contributed by atoms with van der Waals surface area (Å²) in [6, 6.07) is 15.0. The molecule has 1 aliphatic rings. The highest BCUT2D eigenvalue weighted by atomic mass is 16.2. The van der Waals surface area contributed by atoms with Gasteiger partial charge in [0.1, 0.15) is 30.2 Å². The molecule has 1 aliphatic heterocycles. The van der Waals surface area contributed by atoms with Gasteiger partial charge in [-0.2, -0.15) is 0 Å². The summed E-state index contributed by atoms with van der Waals surface area (Å²) < 4.78 is 0. The monoisotopic (exact) mass is 813 g/mol. The summed E-state index contributed by atoms with van der Waals surface area (Å²) in [6.07, 6.45) is 4.52. The van der Waals surface area contributed by atoms with E-state index in [0.29, 0.717) is 38.0 Å². The van der Waals surface area contributed by atoms with Crippen molar-refractivity contribution in [3.63, 3.8) is 0 Å². The number of carbonyl (C=O) groups excluding carboxylic acids is 7. The number of H-pyrrole nitrogens is 1. The molecule has 0 saturated carbocycles. The quantitative estimate of drug-likeness (QED) is 0.0888. The van der Waals surface area contributed by atoms with Crippen molar-refractivity contribution in [2.24, 2.45) is 11.8 Å². The lowest BCUT2D eigenvalue weighted by molar-refractivity contribution is -0.140. The molecule has 0 unspecified atom stereocenters. The molecule has 1 aromatic heterocycles. The van der Waals surface area contributed by atoms with Crippen LogP contribution in [-0.2, 0) is 40.0 Å². The van der Waals surface area contributed by atoms with Crippen LogP contribution < -0.4 is 31.9 Å². The molecule has 7 amide bonds. The number of hydrogen-bond donors (Lipinski definition) is 7. The molecule has 0 aliphatic carbocycles. The number of likely N-dealkylation sites (tertiary alicyclic amines) is 1. The Morgan fingerprint density at radius 3 is 1.98 bits per heavy atom. The van der Waals surface area contributed by atoms with Gasteiger partial charge in [-0.1, -0.05) is 94.8 Å². The van der Waals surface area contributed by atoms with E-state index in [1.54, 1.807) is 13.8 Å². The molecule has 16 heteroatoms. The molecule has 318 valence electrons. The first-order valence-corrected chi connectivity index (χ1v) is 20.3. The number of hydrogen-bond acceptors (Lipinski definition) is 8. The van der Waals surface area contributed by atoms with E-state index in [4.69, 9.17) is 0 Å². The fourth-order valence-corrected chi connectivity index (χ4v) is 7.04. The molecule has 1 fully saturated rings. The minimum Gasteiger partial charge on any atom is -0.353 e. The van der Waals surface area contributed by atoms with E-state index in [9.17, 15) is 33.6 Å². The summed E-state index contributed by atoms with van der Waals surface area (Å²) >= 11 is 0. The van der Waals surface area contributed by atoms with Gasteiger partial charge in [0.2, 0.25) is 41.4 Å². The molecule has 0 spiro atoms. The number of rotatable bonds is 20. The largest absolute Gasteiger partial charge is 0.353 e. The van der Waals surface area contributed by atoms with E-state index in [0.717, 1.165) is 11.1 Å². The molecule has 3 aromatic rings. The van der Waals surface area contributed by atoms with Crippen LogP contribution in [0, 0.1) is 11.8 Å². The summed E-state index contributed by atoms with van der Waals surface area (Å²) in [4.78, 5) is 101. The van der Waals surface area contributed by atoms with Crippen molar-refractivity contribution < 1.29 is 33.6 Å². The smallest absolute Gasteiger partial charge is 0.243 e. The van der Waals surface area contributed by atoms with Gasteiger partial charge in [-0.25, -0.2) is 4.98 Å². The highest BCUT2D eigenvalue weighted by Gasteiger charge is 2.37. The SMILES string of the molecule is CC[C@H](C)[C@H](NC(=O)[C@@H]1CCCN1C(=O)CNC(=O)[C@H](C)NC(=O)[C@H](Cc1cnc[nH]1)NC(=O)[C@@H](NC(C)=O)C(C)C)C(=O)NCC(c1ccccc1)c1ccccc1. The third-order valence-electron chi connectivity index (χ3n) is 10.6. The van der Waals surface area contributed by atoms with E-state index < -0.39 is 72.2 Å². The molecular formula is C43H59N9O7. The van der Waals surface area contributed by atoms with Gasteiger partial charge in [0, 0.05) is 44.2 Å². The van der Waals surface area contributed by atoms with Crippen LogP contribution in [0.1, 0.15) is 83.5 Å². The van der Waals surface area contributed by atoms with Crippen molar-refractivity contribution in [3.8, 4) is 0 Å². The number of imidazole rings is 1. The van der Waals surface area contributed by atoms with Crippen molar-refractivity contribution >= 4 is 41.4 Å². The summed E-state index contributed by atoms with van der Waals surface area (Å²) in [7, 11) is 0. The van der Waals surface area contributed by atoms with Crippen LogP contribution in [-0.4, -0.2) is 106 Å². The van der Waals surface area contributed by atoms with Gasteiger partial charge in [-0.3, -0.25) is 33.6 Å². The summed E-state index contributed by atoms with van der Waals surface area (Å²) in [6.45, 7) is 10.3. The van der Waals surface area contributed by atoms with Crippen molar-refractivity contribution in [2.75, 3.05) is 19.6 Å². The second kappa shape index (κ2) is 22.2. The maximum absolute atomic E-state index is 13.8. The Morgan fingerprint density at radius 1 is 0.780 bits per heavy atom. The molecule has 6 atom stereocenters. The third kappa shape index (κ3) is 13.2. The zero-order chi connectivity index (χ0) is 43.1. The minimum atomic E-state index is -1.13.